The van der Waals surface area contributed by atoms with Crippen molar-refractivity contribution < 1.29 is 14.3 Å². The highest BCUT2D eigenvalue weighted by atomic mass is 16.5. The van der Waals surface area contributed by atoms with E-state index < -0.39 is 0 Å². The summed E-state index contributed by atoms with van der Waals surface area (Å²) < 4.78 is 10.4. The number of rotatable bonds is 6. The molecule has 5 heteroatoms. The lowest BCUT2D eigenvalue weighted by molar-refractivity contribution is -0.118. The Kier molecular flexibility index (Phi) is 4.78. The third kappa shape index (κ3) is 3.96. The number of benzene rings is 1. The Hall–Kier alpha value is -1.75. The third-order valence-electron chi connectivity index (χ3n) is 2.36. The zero-order valence-electron chi connectivity index (χ0n) is 10.4. The highest BCUT2D eigenvalue weighted by Crippen LogP contribution is 2.25. The highest BCUT2D eigenvalue weighted by molar-refractivity contribution is 5.75. The first-order chi connectivity index (χ1) is 8.06. The molecule has 0 aliphatic rings. The molecule has 5 nitrogen and oxygen atoms in total. The van der Waals surface area contributed by atoms with Crippen molar-refractivity contribution in [3.63, 3.8) is 0 Å². The van der Waals surface area contributed by atoms with E-state index in [-0.39, 0.29) is 12.5 Å². The lowest BCUT2D eigenvalue weighted by Crippen LogP contribution is -2.30. The Balaban J connectivity index is 2.79. The molecule has 1 aromatic rings. The summed E-state index contributed by atoms with van der Waals surface area (Å²) in [5.41, 5.74) is 6.11. The molecule has 0 unspecified atom stereocenters. The first kappa shape index (κ1) is 13.3. The molecule has 0 radical (unpaired) electrons. The Morgan fingerprint density at radius 1 is 1.35 bits per heavy atom. The van der Waals surface area contributed by atoms with Crippen LogP contribution in [0.15, 0.2) is 18.2 Å². The number of amides is 1. The average Bonchev–Trinajstić information content (AvgIpc) is 2.28. The zero-order chi connectivity index (χ0) is 12.8. The number of likely N-dealkylation sites (N-methyl/N-ethyl adjacent to an activating group) is 1. The maximum absolute atomic E-state index is 10.8. The van der Waals surface area contributed by atoms with E-state index in [2.05, 4.69) is 0 Å². The molecule has 0 aromatic heterocycles. The van der Waals surface area contributed by atoms with Crippen molar-refractivity contribution in [1.29, 1.82) is 0 Å². The standard InChI is InChI=1S/C12H18N2O3/c1-14(8-12(13)15)7-9-4-5-10(16-2)6-11(9)17-3/h4-6H,7-8H2,1-3H3,(H2,13,15). The zero-order valence-corrected chi connectivity index (χ0v) is 10.4. The fraction of sp³-hybridized carbons (Fsp3) is 0.417. The van der Waals surface area contributed by atoms with E-state index in [0.29, 0.717) is 6.54 Å². The van der Waals surface area contributed by atoms with Crippen LogP contribution in [0.5, 0.6) is 11.5 Å². The molecule has 1 aromatic carbocycles. The van der Waals surface area contributed by atoms with Crippen LogP contribution in [-0.2, 0) is 11.3 Å². The molecular weight excluding hydrogens is 220 g/mol. The lowest BCUT2D eigenvalue weighted by Gasteiger charge is -2.17. The van der Waals surface area contributed by atoms with E-state index in [0.717, 1.165) is 17.1 Å². The van der Waals surface area contributed by atoms with E-state index in [4.69, 9.17) is 15.2 Å². The largest absolute Gasteiger partial charge is 0.497 e. The van der Waals surface area contributed by atoms with Crippen molar-refractivity contribution in [2.24, 2.45) is 5.73 Å². The minimum atomic E-state index is -0.347. The van der Waals surface area contributed by atoms with Gasteiger partial charge in [-0.3, -0.25) is 9.69 Å². The van der Waals surface area contributed by atoms with Gasteiger partial charge in [0.25, 0.3) is 0 Å². The van der Waals surface area contributed by atoms with Gasteiger partial charge in [0.05, 0.1) is 20.8 Å². The second-order valence-corrected chi connectivity index (χ2v) is 3.82. The van der Waals surface area contributed by atoms with Gasteiger partial charge in [-0.25, -0.2) is 0 Å². The van der Waals surface area contributed by atoms with Crippen LogP contribution in [-0.4, -0.2) is 38.6 Å². The summed E-state index contributed by atoms with van der Waals surface area (Å²) in [7, 11) is 5.04. The van der Waals surface area contributed by atoms with Crippen molar-refractivity contribution in [1.82, 2.24) is 4.90 Å². The molecule has 0 heterocycles. The van der Waals surface area contributed by atoms with Gasteiger partial charge in [-0.05, 0) is 13.1 Å². The average molecular weight is 238 g/mol. The number of hydrogen-bond donors (Lipinski definition) is 1. The van der Waals surface area contributed by atoms with Crippen LogP contribution in [0.4, 0.5) is 0 Å². The van der Waals surface area contributed by atoms with Gasteiger partial charge < -0.3 is 15.2 Å². The number of methoxy groups -OCH3 is 2. The minimum Gasteiger partial charge on any atom is -0.497 e. The molecule has 0 aliphatic heterocycles. The number of carbonyl (C=O) groups is 1. The van der Waals surface area contributed by atoms with Crippen molar-refractivity contribution >= 4 is 5.91 Å². The number of carbonyl (C=O) groups excluding carboxylic acids is 1. The summed E-state index contributed by atoms with van der Waals surface area (Å²) in [6.07, 6.45) is 0. The molecule has 1 amide bonds. The molecule has 0 fully saturated rings. The Labute approximate surface area is 101 Å². The van der Waals surface area contributed by atoms with E-state index in [1.54, 1.807) is 14.2 Å². The summed E-state index contributed by atoms with van der Waals surface area (Å²) in [5.74, 6) is 1.13. The Morgan fingerprint density at radius 2 is 2.06 bits per heavy atom. The molecule has 2 N–H and O–H groups in total. The van der Waals surface area contributed by atoms with Gasteiger partial charge in [0.1, 0.15) is 11.5 Å². The van der Waals surface area contributed by atoms with Crippen LogP contribution in [0.25, 0.3) is 0 Å². The predicted molar refractivity (Wildman–Crippen MR) is 65.1 cm³/mol. The predicted octanol–water partition coefficient (Wildman–Crippen LogP) is 0.621. The van der Waals surface area contributed by atoms with E-state index in [9.17, 15) is 4.79 Å². The minimum absolute atomic E-state index is 0.217. The van der Waals surface area contributed by atoms with Gasteiger partial charge in [-0.2, -0.15) is 0 Å². The number of nitrogens with zero attached hydrogens (tertiary/aromatic N) is 1. The smallest absolute Gasteiger partial charge is 0.231 e. The van der Waals surface area contributed by atoms with Gasteiger partial charge in [0.2, 0.25) is 5.91 Å². The second kappa shape index (κ2) is 6.10. The van der Waals surface area contributed by atoms with E-state index in [1.165, 1.54) is 0 Å². The highest BCUT2D eigenvalue weighted by Gasteiger charge is 2.09. The molecule has 0 aliphatic carbocycles. The summed E-state index contributed by atoms with van der Waals surface area (Å²) in [6.45, 7) is 0.811. The maximum atomic E-state index is 10.8. The molecule has 17 heavy (non-hydrogen) atoms. The number of hydrogen-bond acceptors (Lipinski definition) is 4. The summed E-state index contributed by atoms with van der Waals surface area (Å²) in [5, 5.41) is 0. The van der Waals surface area contributed by atoms with E-state index >= 15 is 0 Å². The van der Waals surface area contributed by atoms with Crippen LogP contribution < -0.4 is 15.2 Å². The van der Waals surface area contributed by atoms with Gasteiger partial charge in [0.15, 0.2) is 0 Å². The quantitative estimate of drug-likeness (QED) is 0.789. The number of nitrogens with two attached hydrogens (primary N) is 1. The van der Waals surface area contributed by atoms with Crippen LogP contribution >= 0.6 is 0 Å². The topological polar surface area (TPSA) is 64.8 Å². The van der Waals surface area contributed by atoms with Gasteiger partial charge in [0, 0.05) is 18.2 Å². The molecule has 0 saturated heterocycles. The first-order valence-corrected chi connectivity index (χ1v) is 5.24. The molecular formula is C12H18N2O3. The monoisotopic (exact) mass is 238 g/mol. The fourth-order valence-electron chi connectivity index (χ4n) is 1.60. The molecule has 0 saturated carbocycles. The molecule has 94 valence electrons. The van der Waals surface area contributed by atoms with Crippen LogP contribution in [0.3, 0.4) is 0 Å². The maximum Gasteiger partial charge on any atom is 0.231 e. The molecule has 1 rings (SSSR count). The fourth-order valence-corrected chi connectivity index (χ4v) is 1.60. The number of ether oxygens (including phenoxy) is 2. The summed E-state index contributed by atoms with van der Waals surface area (Å²) in [4.78, 5) is 12.6. The van der Waals surface area contributed by atoms with Crippen molar-refractivity contribution in [2.45, 2.75) is 6.54 Å². The van der Waals surface area contributed by atoms with Gasteiger partial charge in [-0.1, -0.05) is 6.07 Å². The lowest BCUT2D eigenvalue weighted by atomic mass is 10.2. The third-order valence-corrected chi connectivity index (χ3v) is 2.36. The van der Waals surface area contributed by atoms with E-state index in [1.807, 2.05) is 30.1 Å². The van der Waals surface area contributed by atoms with Crippen molar-refractivity contribution in [2.75, 3.05) is 27.8 Å². The Morgan fingerprint density at radius 3 is 2.59 bits per heavy atom. The van der Waals surface area contributed by atoms with Crippen molar-refractivity contribution in [3.8, 4) is 11.5 Å². The Bertz CT molecular complexity index is 393. The number of primary amides is 1. The molecule has 0 atom stereocenters. The summed E-state index contributed by atoms with van der Waals surface area (Å²) >= 11 is 0. The van der Waals surface area contributed by atoms with Crippen LogP contribution in [0.1, 0.15) is 5.56 Å². The van der Waals surface area contributed by atoms with Crippen LogP contribution in [0.2, 0.25) is 0 Å². The van der Waals surface area contributed by atoms with Crippen LogP contribution in [0, 0.1) is 0 Å². The summed E-state index contributed by atoms with van der Waals surface area (Å²) in [6, 6.07) is 5.58. The van der Waals surface area contributed by atoms with Gasteiger partial charge in [-0.15, -0.1) is 0 Å². The molecule has 0 spiro atoms. The SMILES string of the molecule is COc1ccc(CN(C)CC(N)=O)c(OC)c1. The van der Waals surface area contributed by atoms with Crippen molar-refractivity contribution in [3.05, 3.63) is 23.8 Å². The van der Waals surface area contributed by atoms with Gasteiger partial charge >= 0.3 is 0 Å². The normalized spacial score (nSPS) is 10.4. The first-order valence-electron chi connectivity index (χ1n) is 5.24. The molecule has 0 bridgehead atoms. The second-order valence-electron chi connectivity index (χ2n) is 3.82.